The normalized spacial score (nSPS) is 9.08. The standard InChI is InChI=1S/C11H12O/c1-10(9-12)7-8-11-5-3-2-4-6-11/h2-6H,7-8H2,1H3. The lowest BCUT2D eigenvalue weighted by atomic mass is 10.1. The van der Waals surface area contributed by atoms with Crippen LogP contribution in [0.4, 0.5) is 0 Å². The zero-order valence-corrected chi connectivity index (χ0v) is 7.21. The van der Waals surface area contributed by atoms with Crippen LogP contribution in [0, 0.1) is 0 Å². The molecular weight excluding hydrogens is 148 g/mol. The number of allylic oxidation sites excluding steroid dienone is 1. The van der Waals surface area contributed by atoms with Gasteiger partial charge >= 0.3 is 0 Å². The van der Waals surface area contributed by atoms with Gasteiger partial charge in [-0.05, 0) is 25.3 Å². The van der Waals surface area contributed by atoms with Crippen molar-refractivity contribution in [2.24, 2.45) is 0 Å². The summed E-state index contributed by atoms with van der Waals surface area (Å²) in [7, 11) is 0. The second kappa shape index (κ2) is 4.53. The second-order valence-corrected chi connectivity index (χ2v) is 2.87. The Morgan fingerprint density at radius 2 is 2.00 bits per heavy atom. The molecule has 0 saturated carbocycles. The Bertz CT molecular complexity index is 281. The van der Waals surface area contributed by atoms with Crippen LogP contribution in [0.15, 0.2) is 35.9 Å². The molecular formula is C11H12O. The first kappa shape index (κ1) is 8.76. The quantitative estimate of drug-likeness (QED) is 0.620. The molecule has 0 spiro atoms. The lowest BCUT2D eigenvalue weighted by Gasteiger charge is -1.97. The SMILES string of the molecule is CC(=C=O)CCc1ccccc1. The average molecular weight is 160 g/mol. The molecule has 1 nitrogen and oxygen atoms in total. The minimum Gasteiger partial charge on any atom is -0.234 e. The fourth-order valence-corrected chi connectivity index (χ4v) is 1.03. The first-order chi connectivity index (χ1) is 5.83. The van der Waals surface area contributed by atoms with Gasteiger partial charge in [-0.15, -0.1) is 0 Å². The van der Waals surface area contributed by atoms with Crippen LogP contribution < -0.4 is 0 Å². The first-order valence-corrected chi connectivity index (χ1v) is 4.07. The molecule has 1 rings (SSSR count). The summed E-state index contributed by atoms with van der Waals surface area (Å²) in [5.74, 6) is 1.90. The molecule has 0 N–H and O–H groups in total. The summed E-state index contributed by atoms with van der Waals surface area (Å²) in [6.45, 7) is 1.82. The molecule has 0 aliphatic rings. The van der Waals surface area contributed by atoms with Crippen LogP contribution in [0.1, 0.15) is 18.9 Å². The van der Waals surface area contributed by atoms with E-state index in [0.717, 1.165) is 18.4 Å². The van der Waals surface area contributed by atoms with Gasteiger partial charge in [0.05, 0.1) is 0 Å². The van der Waals surface area contributed by atoms with Gasteiger partial charge < -0.3 is 0 Å². The van der Waals surface area contributed by atoms with Crippen LogP contribution in [-0.2, 0) is 11.2 Å². The van der Waals surface area contributed by atoms with Crippen molar-refractivity contribution in [3.05, 3.63) is 41.5 Å². The summed E-state index contributed by atoms with van der Waals surface area (Å²) in [5, 5.41) is 0. The van der Waals surface area contributed by atoms with E-state index in [1.807, 2.05) is 31.1 Å². The van der Waals surface area contributed by atoms with Crippen LogP contribution in [0.3, 0.4) is 0 Å². The summed E-state index contributed by atoms with van der Waals surface area (Å²) < 4.78 is 0. The molecule has 1 aromatic rings. The van der Waals surface area contributed by atoms with Gasteiger partial charge in [-0.2, -0.15) is 0 Å². The number of hydrogen-bond acceptors (Lipinski definition) is 1. The molecule has 0 unspecified atom stereocenters. The highest BCUT2D eigenvalue weighted by molar-refractivity contribution is 5.51. The molecule has 0 fully saturated rings. The van der Waals surface area contributed by atoms with Gasteiger partial charge in [0.25, 0.3) is 0 Å². The molecule has 12 heavy (non-hydrogen) atoms. The maximum absolute atomic E-state index is 10.2. The largest absolute Gasteiger partial charge is 0.234 e. The minimum absolute atomic E-state index is 0.791. The van der Waals surface area contributed by atoms with Gasteiger partial charge in [0.1, 0.15) is 5.94 Å². The molecule has 0 heterocycles. The van der Waals surface area contributed by atoms with Gasteiger partial charge in [-0.1, -0.05) is 30.3 Å². The number of carbonyl (C=O) groups excluding carboxylic acids is 1. The van der Waals surface area contributed by atoms with E-state index in [-0.39, 0.29) is 0 Å². The molecule has 0 aromatic heterocycles. The highest BCUT2D eigenvalue weighted by Crippen LogP contribution is 2.05. The number of hydrogen-bond donors (Lipinski definition) is 0. The molecule has 0 amide bonds. The summed E-state index contributed by atoms with van der Waals surface area (Å²) in [5.41, 5.74) is 2.06. The summed E-state index contributed by atoms with van der Waals surface area (Å²) >= 11 is 0. The predicted molar refractivity (Wildman–Crippen MR) is 49.6 cm³/mol. The summed E-state index contributed by atoms with van der Waals surface area (Å²) in [6, 6.07) is 10.1. The van der Waals surface area contributed by atoms with E-state index in [1.165, 1.54) is 5.56 Å². The van der Waals surface area contributed by atoms with E-state index in [1.54, 1.807) is 0 Å². The third kappa shape index (κ3) is 2.73. The third-order valence-electron chi connectivity index (χ3n) is 1.81. The number of aryl methyl sites for hydroxylation is 1. The molecule has 0 radical (unpaired) electrons. The molecule has 0 aliphatic carbocycles. The van der Waals surface area contributed by atoms with Crippen molar-refractivity contribution >= 4 is 5.94 Å². The topological polar surface area (TPSA) is 17.1 Å². The van der Waals surface area contributed by atoms with Crippen molar-refractivity contribution in [2.45, 2.75) is 19.8 Å². The zero-order valence-electron chi connectivity index (χ0n) is 7.21. The average Bonchev–Trinajstić information content (AvgIpc) is 2.16. The Morgan fingerprint density at radius 3 is 2.58 bits per heavy atom. The molecule has 0 atom stereocenters. The van der Waals surface area contributed by atoms with E-state index in [4.69, 9.17) is 0 Å². The monoisotopic (exact) mass is 160 g/mol. The molecule has 62 valence electrons. The van der Waals surface area contributed by atoms with Crippen molar-refractivity contribution in [2.75, 3.05) is 0 Å². The smallest absolute Gasteiger partial charge is 0.123 e. The van der Waals surface area contributed by atoms with Crippen LogP contribution in [-0.4, -0.2) is 5.94 Å². The Kier molecular flexibility index (Phi) is 3.31. The van der Waals surface area contributed by atoms with Gasteiger partial charge in [-0.25, -0.2) is 4.79 Å². The zero-order chi connectivity index (χ0) is 8.81. The third-order valence-corrected chi connectivity index (χ3v) is 1.81. The highest BCUT2D eigenvalue weighted by Gasteiger charge is 1.92. The number of benzene rings is 1. The Labute approximate surface area is 72.7 Å². The molecule has 0 bridgehead atoms. The van der Waals surface area contributed by atoms with Gasteiger partial charge in [-0.3, -0.25) is 0 Å². The van der Waals surface area contributed by atoms with Crippen LogP contribution in [0.5, 0.6) is 0 Å². The Hall–Kier alpha value is -1.33. The van der Waals surface area contributed by atoms with Gasteiger partial charge in [0, 0.05) is 5.57 Å². The lowest BCUT2D eigenvalue weighted by Crippen LogP contribution is -1.85. The van der Waals surface area contributed by atoms with Crippen molar-refractivity contribution in [1.29, 1.82) is 0 Å². The lowest BCUT2D eigenvalue weighted by molar-refractivity contribution is 0.566. The van der Waals surface area contributed by atoms with Crippen molar-refractivity contribution in [3.8, 4) is 0 Å². The Balaban J connectivity index is 2.49. The maximum atomic E-state index is 10.2. The van der Waals surface area contributed by atoms with E-state index >= 15 is 0 Å². The van der Waals surface area contributed by atoms with Crippen molar-refractivity contribution in [1.82, 2.24) is 0 Å². The van der Waals surface area contributed by atoms with Crippen molar-refractivity contribution < 1.29 is 4.79 Å². The molecule has 1 aromatic carbocycles. The summed E-state index contributed by atoms with van der Waals surface area (Å²) in [4.78, 5) is 10.2. The minimum atomic E-state index is 0.791. The van der Waals surface area contributed by atoms with Crippen molar-refractivity contribution in [3.63, 3.8) is 0 Å². The molecule has 1 heteroatoms. The van der Waals surface area contributed by atoms with Gasteiger partial charge in [0.15, 0.2) is 0 Å². The van der Waals surface area contributed by atoms with E-state index in [9.17, 15) is 4.79 Å². The van der Waals surface area contributed by atoms with Crippen LogP contribution in [0.25, 0.3) is 0 Å². The van der Waals surface area contributed by atoms with E-state index in [2.05, 4.69) is 12.1 Å². The summed E-state index contributed by atoms with van der Waals surface area (Å²) in [6.07, 6.45) is 1.75. The van der Waals surface area contributed by atoms with E-state index in [0.29, 0.717) is 0 Å². The molecule has 0 saturated heterocycles. The maximum Gasteiger partial charge on any atom is 0.123 e. The van der Waals surface area contributed by atoms with E-state index < -0.39 is 0 Å². The van der Waals surface area contributed by atoms with Gasteiger partial charge in [0.2, 0.25) is 0 Å². The predicted octanol–water partition coefficient (Wildman–Crippen LogP) is 2.40. The Morgan fingerprint density at radius 1 is 1.33 bits per heavy atom. The fourth-order valence-electron chi connectivity index (χ4n) is 1.03. The first-order valence-electron chi connectivity index (χ1n) is 4.07. The highest BCUT2D eigenvalue weighted by atomic mass is 16.1. The second-order valence-electron chi connectivity index (χ2n) is 2.87. The van der Waals surface area contributed by atoms with Crippen LogP contribution >= 0.6 is 0 Å². The fraction of sp³-hybridized carbons (Fsp3) is 0.273. The molecule has 0 aliphatic heterocycles. The number of rotatable bonds is 3. The van der Waals surface area contributed by atoms with Crippen LogP contribution in [0.2, 0.25) is 0 Å².